The van der Waals surface area contributed by atoms with Crippen molar-refractivity contribution in [2.24, 2.45) is 0 Å². The molecule has 1 aromatic rings. The highest BCUT2D eigenvalue weighted by molar-refractivity contribution is 6.31. The molecule has 0 fully saturated rings. The highest BCUT2D eigenvalue weighted by Crippen LogP contribution is 2.19. The zero-order chi connectivity index (χ0) is 13.7. The van der Waals surface area contributed by atoms with E-state index in [9.17, 15) is 9.18 Å². The minimum atomic E-state index is -0.575. The molecule has 0 atom stereocenters. The van der Waals surface area contributed by atoms with Gasteiger partial charge in [-0.05, 0) is 18.2 Å². The molecule has 0 bridgehead atoms. The average molecular weight is 268 g/mol. The van der Waals surface area contributed by atoms with Gasteiger partial charge in [0, 0.05) is 26.0 Å². The number of halogens is 2. The summed E-state index contributed by atoms with van der Waals surface area (Å²) in [7, 11) is 3.39. The number of benzene rings is 1. The molecule has 0 aliphatic heterocycles. The van der Waals surface area contributed by atoms with Crippen molar-refractivity contribution >= 4 is 23.2 Å². The maximum atomic E-state index is 12.9. The first-order valence-corrected chi connectivity index (χ1v) is 5.36. The van der Waals surface area contributed by atoms with E-state index in [0.717, 1.165) is 6.07 Å². The molecular weight excluding hydrogens is 257 g/mol. The molecular formula is C12H11ClFN3O. The lowest BCUT2D eigenvalue weighted by Crippen LogP contribution is -2.16. The lowest BCUT2D eigenvalue weighted by molar-refractivity contribution is -0.112. The van der Waals surface area contributed by atoms with E-state index in [1.807, 2.05) is 0 Å². The molecule has 1 amide bonds. The second-order valence-corrected chi connectivity index (χ2v) is 4.11. The van der Waals surface area contributed by atoms with Gasteiger partial charge < -0.3 is 10.2 Å². The molecule has 0 saturated carbocycles. The largest absolute Gasteiger partial charge is 0.382 e. The molecule has 0 aliphatic rings. The van der Waals surface area contributed by atoms with Crippen LogP contribution in [-0.2, 0) is 4.79 Å². The monoisotopic (exact) mass is 267 g/mol. The summed E-state index contributed by atoms with van der Waals surface area (Å²) >= 11 is 5.58. The number of anilines is 1. The molecule has 0 saturated heterocycles. The topological polar surface area (TPSA) is 56.1 Å². The summed E-state index contributed by atoms with van der Waals surface area (Å²) in [5, 5.41) is 11.2. The van der Waals surface area contributed by atoms with E-state index in [2.05, 4.69) is 5.32 Å². The van der Waals surface area contributed by atoms with Crippen molar-refractivity contribution in [1.29, 1.82) is 5.26 Å². The molecule has 0 spiro atoms. The molecule has 94 valence electrons. The van der Waals surface area contributed by atoms with E-state index in [4.69, 9.17) is 16.9 Å². The first-order valence-electron chi connectivity index (χ1n) is 4.99. The van der Waals surface area contributed by atoms with Crippen molar-refractivity contribution < 1.29 is 9.18 Å². The van der Waals surface area contributed by atoms with Gasteiger partial charge in [0.2, 0.25) is 0 Å². The minimum Gasteiger partial charge on any atom is -0.382 e. The summed E-state index contributed by atoms with van der Waals surface area (Å²) in [6, 6.07) is 5.56. The summed E-state index contributed by atoms with van der Waals surface area (Å²) in [6.07, 6.45) is 1.39. The Hall–Kier alpha value is -2.06. The Bertz CT molecular complexity index is 535. The number of carbonyl (C=O) groups excluding carboxylic acids is 1. The van der Waals surface area contributed by atoms with Crippen LogP contribution in [0.3, 0.4) is 0 Å². The number of nitrogens with one attached hydrogen (secondary N) is 1. The third-order valence-corrected chi connectivity index (χ3v) is 2.22. The maximum Gasteiger partial charge on any atom is 0.267 e. The zero-order valence-electron chi connectivity index (χ0n) is 9.87. The molecule has 1 aromatic carbocycles. The molecule has 0 unspecified atom stereocenters. The summed E-state index contributed by atoms with van der Waals surface area (Å²) in [5.41, 5.74) is 0.270. The molecule has 1 N–H and O–H groups in total. The fourth-order valence-electron chi connectivity index (χ4n) is 1.17. The molecule has 0 aliphatic carbocycles. The second kappa shape index (κ2) is 6.03. The fourth-order valence-corrected chi connectivity index (χ4v) is 1.35. The minimum absolute atomic E-state index is 0.0551. The van der Waals surface area contributed by atoms with Crippen LogP contribution in [-0.4, -0.2) is 24.9 Å². The molecule has 0 heterocycles. The van der Waals surface area contributed by atoms with Crippen molar-refractivity contribution in [3.63, 3.8) is 0 Å². The van der Waals surface area contributed by atoms with E-state index in [0.29, 0.717) is 5.69 Å². The molecule has 6 heteroatoms. The fraction of sp³-hybridized carbons (Fsp3) is 0.167. The predicted octanol–water partition coefficient (Wildman–Crippen LogP) is 2.39. The summed E-state index contributed by atoms with van der Waals surface area (Å²) in [6.45, 7) is 0. The van der Waals surface area contributed by atoms with Crippen LogP contribution in [0.5, 0.6) is 0 Å². The van der Waals surface area contributed by atoms with E-state index >= 15 is 0 Å². The van der Waals surface area contributed by atoms with Crippen LogP contribution in [0.25, 0.3) is 0 Å². The first kappa shape index (κ1) is 14.0. The Morgan fingerprint density at radius 3 is 2.72 bits per heavy atom. The number of hydrogen-bond acceptors (Lipinski definition) is 3. The van der Waals surface area contributed by atoms with Crippen molar-refractivity contribution in [3.05, 3.63) is 40.8 Å². The highest BCUT2D eigenvalue weighted by Gasteiger charge is 2.10. The van der Waals surface area contributed by atoms with Gasteiger partial charge in [0.15, 0.2) is 0 Å². The van der Waals surface area contributed by atoms with Gasteiger partial charge in [-0.25, -0.2) is 4.39 Å². The Morgan fingerprint density at radius 1 is 1.56 bits per heavy atom. The van der Waals surface area contributed by atoms with Gasteiger partial charge in [-0.15, -0.1) is 0 Å². The van der Waals surface area contributed by atoms with Gasteiger partial charge in [-0.2, -0.15) is 5.26 Å². The molecule has 4 nitrogen and oxygen atoms in total. The number of rotatable bonds is 3. The van der Waals surface area contributed by atoms with Crippen LogP contribution in [0.1, 0.15) is 0 Å². The summed E-state index contributed by atoms with van der Waals surface area (Å²) in [5.74, 6) is -1.15. The quantitative estimate of drug-likeness (QED) is 0.676. The Kier molecular flexibility index (Phi) is 4.69. The van der Waals surface area contributed by atoms with Crippen molar-refractivity contribution in [2.45, 2.75) is 0 Å². The first-order chi connectivity index (χ1) is 8.43. The van der Waals surface area contributed by atoms with E-state index in [-0.39, 0.29) is 10.6 Å². The van der Waals surface area contributed by atoms with Crippen LogP contribution in [0.4, 0.5) is 10.1 Å². The van der Waals surface area contributed by atoms with Gasteiger partial charge in [0.1, 0.15) is 17.5 Å². The predicted molar refractivity (Wildman–Crippen MR) is 67.4 cm³/mol. The summed E-state index contributed by atoms with van der Waals surface area (Å²) < 4.78 is 12.9. The van der Waals surface area contributed by atoms with Crippen LogP contribution >= 0.6 is 11.6 Å². The standard InChI is InChI=1S/C12H11ClFN3O/c1-17(2)7-8(6-15)12(18)16-9-3-4-11(14)10(13)5-9/h3-5,7H,1-2H3,(H,16,18)/b8-7-. The SMILES string of the molecule is CN(C)/C=C(/C#N)C(=O)Nc1ccc(F)c(Cl)c1. The van der Waals surface area contributed by atoms with Crippen molar-refractivity contribution in [2.75, 3.05) is 19.4 Å². The number of nitriles is 1. The van der Waals surface area contributed by atoms with E-state index < -0.39 is 11.7 Å². The van der Waals surface area contributed by atoms with Gasteiger partial charge in [0.25, 0.3) is 5.91 Å². The van der Waals surface area contributed by atoms with Gasteiger partial charge in [-0.1, -0.05) is 11.6 Å². The molecule has 18 heavy (non-hydrogen) atoms. The third kappa shape index (κ3) is 3.75. The van der Waals surface area contributed by atoms with Gasteiger partial charge in [-0.3, -0.25) is 4.79 Å². The Labute approximate surface area is 109 Å². The molecule has 0 radical (unpaired) electrons. The lowest BCUT2D eigenvalue weighted by Gasteiger charge is -2.08. The van der Waals surface area contributed by atoms with Crippen LogP contribution in [0, 0.1) is 17.1 Å². The highest BCUT2D eigenvalue weighted by atomic mass is 35.5. The summed E-state index contributed by atoms with van der Waals surface area (Å²) in [4.78, 5) is 13.3. The maximum absolute atomic E-state index is 12.9. The number of nitrogens with zero attached hydrogens (tertiary/aromatic N) is 2. The van der Waals surface area contributed by atoms with Gasteiger partial charge >= 0.3 is 0 Å². The van der Waals surface area contributed by atoms with Crippen molar-refractivity contribution in [1.82, 2.24) is 4.90 Å². The zero-order valence-corrected chi connectivity index (χ0v) is 10.6. The average Bonchev–Trinajstić information content (AvgIpc) is 2.30. The normalized spacial score (nSPS) is 10.7. The smallest absolute Gasteiger partial charge is 0.267 e. The lowest BCUT2D eigenvalue weighted by atomic mass is 10.2. The van der Waals surface area contributed by atoms with Crippen molar-refractivity contribution in [3.8, 4) is 6.07 Å². The number of hydrogen-bond donors (Lipinski definition) is 1. The van der Waals surface area contributed by atoms with E-state index in [1.165, 1.54) is 18.3 Å². The van der Waals surface area contributed by atoms with Gasteiger partial charge in [0.05, 0.1) is 5.02 Å². The third-order valence-electron chi connectivity index (χ3n) is 1.93. The van der Waals surface area contributed by atoms with Crippen LogP contribution < -0.4 is 5.32 Å². The van der Waals surface area contributed by atoms with Crippen LogP contribution in [0.15, 0.2) is 30.0 Å². The Balaban J connectivity index is 2.87. The van der Waals surface area contributed by atoms with E-state index in [1.54, 1.807) is 25.1 Å². The molecule has 0 aromatic heterocycles. The number of amides is 1. The Morgan fingerprint density at radius 2 is 2.22 bits per heavy atom. The second-order valence-electron chi connectivity index (χ2n) is 3.70. The molecule has 1 rings (SSSR count). The van der Waals surface area contributed by atoms with Crippen LogP contribution in [0.2, 0.25) is 5.02 Å². The number of carbonyl (C=O) groups is 1.